The van der Waals surface area contributed by atoms with Crippen LogP contribution in [-0.2, 0) is 6.54 Å². The highest BCUT2D eigenvalue weighted by atomic mass is 35.5. The van der Waals surface area contributed by atoms with Gasteiger partial charge in [0.25, 0.3) is 0 Å². The Morgan fingerprint density at radius 3 is 2.64 bits per heavy atom. The van der Waals surface area contributed by atoms with Crippen molar-refractivity contribution in [3.8, 4) is 5.88 Å². The summed E-state index contributed by atoms with van der Waals surface area (Å²) in [4.78, 5) is 14.7. The molecule has 2 N–H and O–H groups in total. The molecular weight excluding hydrogens is 432 g/mol. The second kappa shape index (κ2) is 8.70. The number of halogens is 1. The topological polar surface area (TPSA) is 64.5 Å². The maximum absolute atomic E-state index is 10.9. The van der Waals surface area contributed by atoms with E-state index in [4.69, 9.17) is 16.6 Å². The van der Waals surface area contributed by atoms with Crippen LogP contribution in [0.3, 0.4) is 0 Å². The second-order valence-corrected chi connectivity index (χ2v) is 8.75. The number of pyridine rings is 1. The van der Waals surface area contributed by atoms with Crippen LogP contribution in [-0.4, -0.2) is 39.8 Å². The van der Waals surface area contributed by atoms with Gasteiger partial charge in [-0.05, 0) is 56.1 Å². The quantitative estimate of drug-likeness (QED) is 0.306. The summed E-state index contributed by atoms with van der Waals surface area (Å²) in [5.41, 5.74) is 5.79. The second-order valence-electron chi connectivity index (χ2n) is 8.31. The molecule has 0 saturated heterocycles. The van der Waals surface area contributed by atoms with Gasteiger partial charge in [-0.15, -0.1) is 0 Å². The average Bonchev–Trinajstić information content (AvgIpc) is 3.12. The van der Waals surface area contributed by atoms with Crippen molar-refractivity contribution in [3.63, 3.8) is 0 Å². The Kier molecular flexibility index (Phi) is 5.58. The molecule has 2 heterocycles. The first-order valence-electron chi connectivity index (χ1n) is 10.7. The molecule has 0 aliphatic heterocycles. The largest absolute Gasteiger partial charge is 0.494 e. The van der Waals surface area contributed by atoms with E-state index in [0.717, 1.165) is 39.6 Å². The van der Waals surface area contributed by atoms with E-state index < -0.39 is 0 Å². The highest BCUT2D eigenvalue weighted by molar-refractivity contribution is 6.31. The Hall–Kier alpha value is -3.67. The maximum Gasteiger partial charge on any atom is 0.199 e. The van der Waals surface area contributed by atoms with E-state index in [-0.39, 0.29) is 5.88 Å². The molecule has 3 aromatic carbocycles. The number of aromatic nitrogens is 2. The van der Waals surface area contributed by atoms with E-state index in [1.54, 1.807) is 12.3 Å². The first-order valence-corrected chi connectivity index (χ1v) is 11.0. The molecule has 164 valence electrons. The summed E-state index contributed by atoms with van der Waals surface area (Å²) in [6.07, 6.45) is 1.78. The number of benzene rings is 3. The zero-order valence-electron chi connectivity index (χ0n) is 18.4. The molecule has 33 heavy (non-hydrogen) atoms. The monoisotopic (exact) mass is 454 g/mol. The lowest BCUT2D eigenvalue weighted by Gasteiger charge is -2.11. The van der Waals surface area contributed by atoms with E-state index in [9.17, 15) is 5.11 Å². The third kappa shape index (κ3) is 4.33. The van der Waals surface area contributed by atoms with E-state index in [0.29, 0.717) is 16.3 Å². The van der Waals surface area contributed by atoms with E-state index in [1.165, 1.54) is 5.56 Å². The molecule has 0 fully saturated rings. The minimum Gasteiger partial charge on any atom is -0.494 e. The van der Waals surface area contributed by atoms with Gasteiger partial charge in [-0.2, -0.15) is 0 Å². The maximum atomic E-state index is 10.9. The highest BCUT2D eigenvalue weighted by Gasteiger charge is 2.19. The summed E-state index contributed by atoms with van der Waals surface area (Å²) in [5, 5.41) is 13.4. The van der Waals surface area contributed by atoms with Crippen LogP contribution in [0.25, 0.3) is 21.8 Å². The number of H-pyrrole nitrogens is 1. The Morgan fingerprint density at radius 2 is 1.85 bits per heavy atom. The molecular formula is C27H23ClN4O. The minimum absolute atomic E-state index is 0.0522. The van der Waals surface area contributed by atoms with Crippen LogP contribution in [0.2, 0.25) is 5.02 Å². The molecule has 0 aliphatic carbocycles. The fourth-order valence-corrected chi connectivity index (χ4v) is 4.22. The standard InChI is InChI=1S/C27H23ClN4O/c1-32(2)16-17-5-10-21(11-6-17)30-26(19-8-7-18-4-3-13-29-23(18)14-19)25-22-12-9-20(28)15-24(22)31-27(25)33/h3-15,31,33H,16H2,1-2H3. The predicted molar refractivity (Wildman–Crippen MR) is 136 cm³/mol. The Morgan fingerprint density at radius 1 is 1.03 bits per heavy atom. The van der Waals surface area contributed by atoms with Gasteiger partial charge in [0.2, 0.25) is 0 Å². The fraction of sp³-hybridized carbons (Fsp3) is 0.111. The number of aromatic amines is 1. The Balaban J connectivity index is 1.70. The molecule has 0 amide bonds. The Bertz CT molecular complexity index is 1490. The van der Waals surface area contributed by atoms with Gasteiger partial charge in [0.05, 0.1) is 28.0 Å². The summed E-state index contributed by atoms with van der Waals surface area (Å²) in [5.74, 6) is 0.0522. The van der Waals surface area contributed by atoms with Gasteiger partial charge in [-0.3, -0.25) is 4.98 Å². The van der Waals surface area contributed by atoms with E-state index in [2.05, 4.69) is 27.0 Å². The number of aliphatic imine (C=N–C) groups is 1. The molecule has 0 unspecified atom stereocenters. The number of nitrogens with zero attached hydrogens (tertiary/aromatic N) is 3. The van der Waals surface area contributed by atoms with Crippen LogP contribution in [0.1, 0.15) is 16.7 Å². The van der Waals surface area contributed by atoms with E-state index >= 15 is 0 Å². The van der Waals surface area contributed by atoms with Gasteiger partial charge < -0.3 is 15.0 Å². The molecule has 5 rings (SSSR count). The number of aromatic hydroxyl groups is 1. The molecule has 5 nitrogen and oxygen atoms in total. The SMILES string of the molecule is CN(C)Cc1ccc(N=C(c2ccc3cccnc3c2)c2c(O)[nH]c3cc(Cl)ccc23)cc1. The van der Waals surface area contributed by atoms with Crippen molar-refractivity contribution >= 4 is 44.8 Å². The molecule has 5 aromatic rings. The predicted octanol–water partition coefficient (Wildman–Crippen LogP) is 6.31. The van der Waals surface area contributed by atoms with Gasteiger partial charge >= 0.3 is 0 Å². The number of rotatable bonds is 5. The van der Waals surface area contributed by atoms with Gasteiger partial charge in [-0.1, -0.05) is 48.0 Å². The van der Waals surface area contributed by atoms with Crippen LogP contribution < -0.4 is 0 Å². The number of fused-ring (bicyclic) bond motifs is 2. The summed E-state index contributed by atoms with van der Waals surface area (Å²) in [6, 6.07) is 23.7. The molecule has 0 saturated carbocycles. The van der Waals surface area contributed by atoms with Gasteiger partial charge in [0, 0.05) is 34.1 Å². The van der Waals surface area contributed by atoms with Crippen molar-refractivity contribution in [3.05, 3.63) is 101 Å². The van der Waals surface area contributed by atoms with Crippen molar-refractivity contribution in [2.24, 2.45) is 4.99 Å². The third-order valence-electron chi connectivity index (χ3n) is 5.53. The highest BCUT2D eigenvalue weighted by Crippen LogP contribution is 2.33. The van der Waals surface area contributed by atoms with Gasteiger partial charge in [0.15, 0.2) is 5.88 Å². The van der Waals surface area contributed by atoms with Gasteiger partial charge in [0.1, 0.15) is 0 Å². The zero-order chi connectivity index (χ0) is 22.9. The van der Waals surface area contributed by atoms with Crippen molar-refractivity contribution < 1.29 is 5.11 Å². The summed E-state index contributed by atoms with van der Waals surface area (Å²) >= 11 is 6.18. The normalized spacial score (nSPS) is 12.2. The smallest absolute Gasteiger partial charge is 0.199 e. The van der Waals surface area contributed by atoms with Crippen LogP contribution in [0.15, 0.2) is 84.0 Å². The Labute approximate surface area is 197 Å². The molecule has 0 aliphatic rings. The van der Waals surface area contributed by atoms with Crippen LogP contribution in [0.5, 0.6) is 5.88 Å². The lowest BCUT2D eigenvalue weighted by Crippen LogP contribution is -2.10. The molecule has 0 radical (unpaired) electrons. The summed E-state index contributed by atoms with van der Waals surface area (Å²) in [6.45, 7) is 0.858. The summed E-state index contributed by atoms with van der Waals surface area (Å²) < 4.78 is 0. The van der Waals surface area contributed by atoms with Crippen molar-refractivity contribution in [1.82, 2.24) is 14.9 Å². The first kappa shape index (κ1) is 21.2. The molecule has 6 heteroatoms. The van der Waals surface area contributed by atoms with Gasteiger partial charge in [-0.25, -0.2) is 4.99 Å². The number of hydrogen-bond acceptors (Lipinski definition) is 4. The average molecular weight is 455 g/mol. The summed E-state index contributed by atoms with van der Waals surface area (Å²) in [7, 11) is 4.09. The van der Waals surface area contributed by atoms with Crippen LogP contribution in [0.4, 0.5) is 5.69 Å². The molecule has 0 bridgehead atoms. The molecule has 0 atom stereocenters. The lowest BCUT2D eigenvalue weighted by molar-refractivity contribution is 0.402. The van der Waals surface area contributed by atoms with Crippen molar-refractivity contribution in [2.45, 2.75) is 6.54 Å². The fourth-order valence-electron chi connectivity index (χ4n) is 4.04. The van der Waals surface area contributed by atoms with Crippen molar-refractivity contribution in [2.75, 3.05) is 14.1 Å². The zero-order valence-corrected chi connectivity index (χ0v) is 19.1. The van der Waals surface area contributed by atoms with E-state index in [1.807, 2.05) is 68.7 Å². The minimum atomic E-state index is 0.0522. The third-order valence-corrected chi connectivity index (χ3v) is 5.77. The molecule has 0 spiro atoms. The number of nitrogens with one attached hydrogen (secondary N) is 1. The van der Waals surface area contributed by atoms with Crippen LogP contribution in [0, 0.1) is 0 Å². The van der Waals surface area contributed by atoms with Crippen LogP contribution >= 0.6 is 11.6 Å². The lowest BCUT2D eigenvalue weighted by atomic mass is 9.99. The van der Waals surface area contributed by atoms with Crippen molar-refractivity contribution in [1.29, 1.82) is 0 Å². The first-order chi connectivity index (χ1) is 16.0. The number of hydrogen-bond donors (Lipinski definition) is 2. The molecule has 2 aromatic heterocycles.